The molecule has 0 spiro atoms. The number of hydrogen-bond donors (Lipinski definition) is 1. The Labute approximate surface area is 325 Å². The fourth-order valence-electron chi connectivity index (χ4n) is 5.51. The van der Waals surface area contributed by atoms with E-state index in [1.54, 1.807) is 0 Å². The maximum absolute atomic E-state index is 12.6. The maximum atomic E-state index is 12.6. The molecule has 2 atom stereocenters. The van der Waals surface area contributed by atoms with Crippen molar-refractivity contribution in [1.29, 1.82) is 0 Å². The first-order valence-electron chi connectivity index (χ1n) is 21.2. The summed E-state index contributed by atoms with van der Waals surface area (Å²) >= 11 is 0. The third kappa shape index (κ3) is 39.7. The van der Waals surface area contributed by atoms with Crippen molar-refractivity contribution in [3.8, 4) is 0 Å². The van der Waals surface area contributed by atoms with Gasteiger partial charge in [0.25, 0.3) is 0 Å². The molecule has 0 bridgehead atoms. The maximum Gasteiger partial charge on any atom is 0.472 e. The van der Waals surface area contributed by atoms with Gasteiger partial charge in [-0.05, 0) is 70.6 Å². The Bertz CT molecular complexity index is 1010. The Morgan fingerprint density at radius 2 is 1.02 bits per heavy atom. The van der Waals surface area contributed by atoms with Gasteiger partial charge in [-0.2, -0.15) is 0 Å². The number of hydrogen-bond acceptors (Lipinski definition) is 7. The van der Waals surface area contributed by atoms with Crippen LogP contribution in [0.15, 0.2) is 36.5 Å². The number of phosphoric acid groups is 1. The molecule has 0 aliphatic carbocycles. The highest BCUT2D eigenvalue weighted by molar-refractivity contribution is 7.47. The van der Waals surface area contributed by atoms with Crippen LogP contribution >= 0.6 is 7.82 Å². The lowest BCUT2D eigenvalue weighted by molar-refractivity contribution is -0.870. The monoisotopic (exact) mass is 771 g/mol. The van der Waals surface area contributed by atoms with Crippen molar-refractivity contribution in [2.75, 3.05) is 47.5 Å². The lowest BCUT2D eigenvalue weighted by Gasteiger charge is -2.24. The minimum Gasteiger partial charge on any atom is -0.462 e. The van der Waals surface area contributed by atoms with Gasteiger partial charge in [-0.15, -0.1) is 0 Å². The first-order chi connectivity index (χ1) is 25.5. The molecule has 0 aliphatic rings. The van der Waals surface area contributed by atoms with Crippen LogP contribution in [0.25, 0.3) is 0 Å². The minimum absolute atomic E-state index is 0.0243. The average molecular weight is 771 g/mol. The van der Waals surface area contributed by atoms with Gasteiger partial charge < -0.3 is 18.9 Å². The van der Waals surface area contributed by atoms with Gasteiger partial charge in [-0.25, -0.2) is 4.57 Å². The van der Waals surface area contributed by atoms with E-state index in [1.165, 1.54) is 77.0 Å². The van der Waals surface area contributed by atoms with Crippen molar-refractivity contribution >= 4 is 19.8 Å². The summed E-state index contributed by atoms with van der Waals surface area (Å²) in [5.74, 6) is -0.847. The van der Waals surface area contributed by atoms with Gasteiger partial charge in [0.2, 0.25) is 0 Å². The quantitative estimate of drug-likeness (QED) is 0.0217. The Morgan fingerprint density at radius 3 is 1.55 bits per heavy atom. The third-order valence-corrected chi connectivity index (χ3v) is 9.88. The zero-order chi connectivity index (χ0) is 39.3. The summed E-state index contributed by atoms with van der Waals surface area (Å²) in [6, 6.07) is 0. The van der Waals surface area contributed by atoms with Crippen LogP contribution in [0.2, 0.25) is 0 Å². The van der Waals surface area contributed by atoms with Crippen LogP contribution in [0.3, 0.4) is 0 Å². The Hall–Kier alpha value is -1.77. The summed E-state index contributed by atoms with van der Waals surface area (Å²) < 4.78 is 34.2. The summed E-state index contributed by atoms with van der Waals surface area (Å²) in [7, 11) is 1.45. The smallest absolute Gasteiger partial charge is 0.462 e. The first kappa shape index (κ1) is 51.2. The van der Waals surface area contributed by atoms with Crippen molar-refractivity contribution in [2.24, 2.45) is 0 Å². The molecular weight excluding hydrogens is 689 g/mol. The van der Waals surface area contributed by atoms with Crippen LogP contribution in [0.5, 0.6) is 0 Å². The van der Waals surface area contributed by atoms with Crippen molar-refractivity contribution in [3.63, 3.8) is 0 Å². The van der Waals surface area contributed by atoms with Gasteiger partial charge in [-0.3, -0.25) is 18.6 Å². The number of rotatable bonds is 38. The molecule has 53 heavy (non-hydrogen) atoms. The highest BCUT2D eigenvalue weighted by Gasteiger charge is 2.27. The summed E-state index contributed by atoms with van der Waals surface area (Å²) in [5, 5.41) is 0. The van der Waals surface area contributed by atoms with Gasteiger partial charge in [0.05, 0.1) is 27.7 Å². The minimum atomic E-state index is -4.38. The highest BCUT2D eigenvalue weighted by Crippen LogP contribution is 2.43. The number of ether oxygens (including phenoxy) is 2. The molecule has 0 aromatic rings. The SMILES string of the molecule is CCCCCCC/C=C/CCCCCCCC(=O)OC[C@H](COP(=O)(O)OCC[N+](C)(C)C)OC(=O)CCCC/C=C/C/C=C/CCCCCCCC. The number of likely N-dealkylation sites (N-methyl/N-ethyl adjacent to an activating group) is 1. The molecule has 0 fully saturated rings. The van der Waals surface area contributed by atoms with E-state index in [1.807, 2.05) is 21.1 Å². The van der Waals surface area contributed by atoms with Crippen LogP contribution < -0.4 is 0 Å². The molecule has 0 saturated heterocycles. The van der Waals surface area contributed by atoms with Crippen molar-refractivity contribution < 1.29 is 42.1 Å². The molecule has 0 amide bonds. The summed E-state index contributed by atoms with van der Waals surface area (Å²) in [5.41, 5.74) is 0. The normalized spacial score (nSPS) is 14.0. The molecule has 1 N–H and O–H groups in total. The topological polar surface area (TPSA) is 108 Å². The van der Waals surface area contributed by atoms with Gasteiger partial charge in [0.1, 0.15) is 19.8 Å². The lowest BCUT2D eigenvalue weighted by atomic mass is 10.1. The fourth-order valence-corrected chi connectivity index (χ4v) is 6.25. The summed E-state index contributed by atoms with van der Waals surface area (Å²) in [6.45, 7) is 4.35. The van der Waals surface area contributed by atoms with E-state index in [0.29, 0.717) is 17.4 Å². The molecule has 10 heteroatoms. The van der Waals surface area contributed by atoms with E-state index in [9.17, 15) is 19.0 Å². The van der Waals surface area contributed by atoms with Crippen LogP contribution in [-0.4, -0.2) is 74.9 Å². The average Bonchev–Trinajstić information content (AvgIpc) is 3.10. The number of carbonyl (C=O) groups excluding carboxylic acids is 2. The van der Waals surface area contributed by atoms with E-state index in [4.69, 9.17) is 18.5 Å². The van der Waals surface area contributed by atoms with Gasteiger partial charge in [0, 0.05) is 12.8 Å². The molecule has 9 nitrogen and oxygen atoms in total. The number of esters is 2. The molecule has 0 heterocycles. The summed E-state index contributed by atoms with van der Waals surface area (Å²) in [4.78, 5) is 35.3. The molecule has 0 aromatic heterocycles. The second kappa shape index (κ2) is 35.9. The van der Waals surface area contributed by atoms with E-state index in [-0.39, 0.29) is 32.0 Å². The number of unbranched alkanes of at least 4 members (excludes halogenated alkanes) is 18. The largest absolute Gasteiger partial charge is 0.472 e. The van der Waals surface area contributed by atoms with Crippen LogP contribution in [0.4, 0.5) is 0 Å². The molecule has 0 aromatic carbocycles. The molecular formula is C43H81NO8P+. The summed E-state index contributed by atoms with van der Waals surface area (Å²) in [6.07, 6.45) is 39.1. The van der Waals surface area contributed by atoms with E-state index in [0.717, 1.165) is 64.2 Å². The van der Waals surface area contributed by atoms with Crippen molar-refractivity contribution in [2.45, 2.75) is 180 Å². The van der Waals surface area contributed by atoms with E-state index in [2.05, 4.69) is 50.3 Å². The van der Waals surface area contributed by atoms with Crippen molar-refractivity contribution in [3.05, 3.63) is 36.5 Å². The highest BCUT2D eigenvalue weighted by atomic mass is 31.2. The fraction of sp³-hybridized carbons (Fsp3) is 0.814. The predicted molar refractivity (Wildman–Crippen MR) is 220 cm³/mol. The van der Waals surface area contributed by atoms with Gasteiger partial charge in [0.15, 0.2) is 6.10 Å². The zero-order valence-electron chi connectivity index (χ0n) is 34.7. The second-order valence-corrected chi connectivity index (χ2v) is 16.8. The first-order valence-corrected chi connectivity index (χ1v) is 22.7. The standard InChI is InChI=1S/C43H80NO8P/c1-6-8-10-12-14-16-18-20-22-24-26-28-30-32-34-36-43(46)52-41(40-51-53(47,48)50-38-37-44(3,4)5)39-49-42(45)35-33-31-29-27-25-23-21-19-17-15-13-11-9-7-2/h19-22,26,28,41H,6-18,23-25,27,29-40H2,1-5H3/p+1/b21-19+,22-20+,28-26+/t41-/m1/s1. The molecule has 1 unspecified atom stereocenters. The van der Waals surface area contributed by atoms with Crippen LogP contribution in [0.1, 0.15) is 174 Å². The Balaban J connectivity index is 4.46. The molecule has 0 rings (SSSR count). The molecule has 0 radical (unpaired) electrons. The van der Waals surface area contributed by atoms with Gasteiger partial charge >= 0.3 is 19.8 Å². The van der Waals surface area contributed by atoms with Crippen LogP contribution in [0, 0.1) is 0 Å². The number of nitrogens with zero attached hydrogens (tertiary/aromatic N) is 1. The van der Waals surface area contributed by atoms with Crippen LogP contribution in [-0.2, 0) is 32.7 Å². The molecule has 0 aliphatic heterocycles. The lowest BCUT2D eigenvalue weighted by Crippen LogP contribution is -2.37. The number of quaternary nitrogens is 1. The Kier molecular flexibility index (Phi) is 34.7. The predicted octanol–water partition coefficient (Wildman–Crippen LogP) is 11.7. The van der Waals surface area contributed by atoms with Crippen molar-refractivity contribution in [1.82, 2.24) is 0 Å². The Morgan fingerprint density at radius 1 is 0.585 bits per heavy atom. The molecule has 310 valence electrons. The van der Waals surface area contributed by atoms with Gasteiger partial charge in [-0.1, -0.05) is 127 Å². The second-order valence-electron chi connectivity index (χ2n) is 15.4. The number of allylic oxidation sites excluding steroid dienone is 6. The number of carbonyl (C=O) groups is 2. The number of phosphoric ester groups is 1. The molecule has 0 saturated carbocycles. The van der Waals surface area contributed by atoms with E-state index >= 15 is 0 Å². The van der Waals surface area contributed by atoms with E-state index < -0.39 is 26.5 Å². The third-order valence-electron chi connectivity index (χ3n) is 8.89. The zero-order valence-corrected chi connectivity index (χ0v) is 35.6.